The van der Waals surface area contributed by atoms with Crippen LogP contribution in [0.25, 0.3) is 0 Å². The zero-order valence-corrected chi connectivity index (χ0v) is 10.7. The molecule has 0 aromatic carbocycles. The quantitative estimate of drug-likeness (QED) is 0.651. The van der Waals surface area contributed by atoms with E-state index in [1.165, 1.54) is 32.4 Å². The van der Waals surface area contributed by atoms with Gasteiger partial charge in [0, 0.05) is 19.2 Å². The fourth-order valence-electron chi connectivity index (χ4n) is 2.84. The zero-order valence-electron chi connectivity index (χ0n) is 10.7. The molecular formula is C13H25NO. The molecule has 2 heteroatoms. The molecule has 2 fully saturated rings. The summed E-state index contributed by atoms with van der Waals surface area (Å²) in [6.45, 7) is 9.50. The summed E-state index contributed by atoms with van der Waals surface area (Å²) in [5, 5.41) is 0. The van der Waals surface area contributed by atoms with Crippen LogP contribution >= 0.6 is 0 Å². The van der Waals surface area contributed by atoms with E-state index >= 15 is 0 Å². The molecule has 2 saturated heterocycles. The van der Waals surface area contributed by atoms with Crippen LogP contribution in [-0.2, 0) is 4.74 Å². The largest absolute Gasteiger partial charge is 0.383 e. The topological polar surface area (TPSA) is 12.5 Å². The van der Waals surface area contributed by atoms with E-state index in [2.05, 4.69) is 17.9 Å². The Morgan fingerprint density at radius 2 is 2.20 bits per heavy atom. The number of rotatable bonds is 2. The highest BCUT2D eigenvalue weighted by atomic mass is 16.5. The molecule has 15 heavy (non-hydrogen) atoms. The lowest BCUT2D eigenvalue weighted by atomic mass is 9.93. The van der Waals surface area contributed by atoms with E-state index in [0.717, 1.165) is 6.61 Å². The van der Waals surface area contributed by atoms with E-state index < -0.39 is 0 Å². The summed E-state index contributed by atoms with van der Waals surface area (Å²) < 4.78 is 5.35. The van der Waals surface area contributed by atoms with Gasteiger partial charge in [0.2, 0.25) is 0 Å². The number of nitrogens with zero attached hydrogens (tertiary/aromatic N) is 1. The standard InChI is InChI=1S/C11H19NO.C2H6/c1-3-10-7-11(9-13-2)5-4-6-12(11)8-10;1-2/h3H,4-9H2,1-2H3;1-2H3/b10-3+;. The number of ether oxygens (including phenoxy) is 1. The molecule has 0 aromatic heterocycles. The molecule has 2 aliphatic heterocycles. The lowest BCUT2D eigenvalue weighted by Gasteiger charge is -2.30. The Kier molecular flexibility index (Phi) is 4.81. The highest BCUT2D eigenvalue weighted by Gasteiger charge is 2.45. The highest BCUT2D eigenvalue weighted by molar-refractivity contribution is 5.19. The average molecular weight is 211 g/mol. The lowest BCUT2D eigenvalue weighted by Crippen LogP contribution is -2.42. The zero-order chi connectivity index (χ0) is 11.3. The van der Waals surface area contributed by atoms with Crippen LogP contribution < -0.4 is 0 Å². The van der Waals surface area contributed by atoms with Crippen molar-refractivity contribution in [2.45, 2.75) is 45.6 Å². The second-order valence-corrected chi connectivity index (χ2v) is 4.31. The molecule has 2 aliphatic rings. The van der Waals surface area contributed by atoms with Crippen molar-refractivity contribution < 1.29 is 4.74 Å². The summed E-state index contributed by atoms with van der Waals surface area (Å²) in [5.74, 6) is 0. The molecule has 0 spiro atoms. The van der Waals surface area contributed by atoms with Crippen molar-refractivity contribution in [1.82, 2.24) is 4.90 Å². The minimum Gasteiger partial charge on any atom is -0.383 e. The fraction of sp³-hybridized carbons (Fsp3) is 0.846. The minimum absolute atomic E-state index is 0.372. The molecule has 2 heterocycles. The predicted molar refractivity (Wildman–Crippen MR) is 65.1 cm³/mol. The number of allylic oxidation sites excluding steroid dienone is 1. The van der Waals surface area contributed by atoms with Crippen molar-refractivity contribution in [2.24, 2.45) is 0 Å². The van der Waals surface area contributed by atoms with Crippen molar-refractivity contribution in [1.29, 1.82) is 0 Å². The second kappa shape index (κ2) is 5.66. The number of hydrogen-bond donors (Lipinski definition) is 0. The van der Waals surface area contributed by atoms with Gasteiger partial charge in [0.05, 0.1) is 6.61 Å². The first-order valence-corrected chi connectivity index (χ1v) is 6.19. The monoisotopic (exact) mass is 211 g/mol. The minimum atomic E-state index is 0.372. The molecule has 0 bridgehead atoms. The van der Waals surface area contributed by atoms with E-state index in [1.54, 1.807) is 5.57 Å². The molecule has 2 nitrogen and oxygen atoms in total. The molecule has 0 aliphatic carbocycles. The Morgan fingerprint density at radius 3 is 2.80 bits per heavy atom. The van der Waals surface area contributed by atoms with Gasteiger partial charge in [0.25, 0.3) is 0 Å². The van der Waals surface area contributed by atoms with Crippen LogP contribution in [0.2, 0.25) is 0 Å². The van der Waals surface area contributed by atoms with Crippen LogP contribution in [0.1, 0.15) is 40.0 Å². The molecule has 0 N–H and O–H groups in total. The third-order valence-electron chi connectivity index (χ3n) is 3.51. The summed E-state index contributed by atoms with van der Waals surface area (Å²) in [5.41, 5.74) is 1.97. The van der Waals surface area contributed by atoms with Gasteiger partial charge in [0.1, 0.15) is 0 Å². The van der Waals surface area contributed by atoms with Crippen LogP contribution in [-0.4, -0.2) is 37.2 Å². The average Bonchev–Trinajstić information content (AvgIpc) is 2.77. The Morgan fingerprint density at radius 1 is 1.47 bits per heavy atom. The number of methoxy groups -OCH3 is 1. The van der Waals surface area contributed by atoms with Crippen LogP contribution in [0.5, 0.6) is 0 Å². The highest BCUT2D eigenvalue weighted by Crippen LogP contribution is 2.41. The van der Waals surface area contributed by atoms with Gasteiger partial charge in [-0.15, -0.1) is 0 Å². The Hall–Kier alpha value is -0.340. The SMILES string of the molecule is C/C=C1/CN2CCCC2(COC)C1.CC. The summed E-state index contributed by atoms with van der Waals surface area (Å²) in [6.07, 6.45) is 6.17. The van der Waals surface area contributed by atoms with Gasteiger partial charge in [0.15, 0.2) is 0 Å². The summed E-state index contributed by atoms with van der Waals surface area (Å²) in [4.78, 5) is 2.60. The van der Waals surface area contributed by atoms with E-state index in [-0.39, 0.29) is 0 Å². The third kappa shape index (κ3) is 2.43. The molecule has 0 amide bonds. The molecule has 0 saturated carbocycles. The molecule has 2 rings (SSSR count). The molecule has 88 valence electrons. The van der Waals surface area contributed by atoms with Gasteiger partial charge in [-0.3, -0.25) is 4.90 Å². The number of fused-ring (bicyclic) bond motifs is 1. The van der Waals surface area contributed by atoms with Crippen molar-refractivity contribution in [3.8, 4) is 0 Å². The molecule has 0 aromatic rings. The van der Waals surface area contributed by atoms with Crippen molar-refractivity contribution >= 4 is 0 Å². The van der Waals surface area contributed by atoms with Crippen LogP contribution in [0, 0.1) is 0 Å². The maximum absolute atomic E-state index is 5.35. The molecule has 1 atom stereocenters. The normalized spacial score (nSPS) is 32.7. The number of hydrogen-bond acceptors (Lipinski definition) is 2. The smallest absolute Gasteiger partial charge is 0.0649 e. The Labute approximate surface area is 94.3 Å². The molecule has 0 radical (unpaired) electrons. The molecule has 1 unspecified atom stereocenters. The van der Waals surface area contributed by atoms with Crippen molar-refractivity contribution in [3.63, 3.8) is 0 Å². The van der Waals surface area contributed by atoms with E-state index in [1.807, 2.05) is 21.0 Å². The van der Waals surface area contributed by atoms with Crippen molar-refractivity contribution in [2.75, 3.05) is 26.8 Å². The maximum Gasteiger partial charge on any atom is 0.0649 e. The van der Waals surface area contributed by atoms with Gasteiger partial charge in [-0.2, -0.15) is 0 Å². The van der Waals surface area contributed by atoms with E-state index in [9.17, 15) is 0 Å². The van der Waals surface area contributed by atoms with Crippen LogP contribution in [0.3, 0.4) is 0 Å². The maximum atomic E-state index is 5.35. The van der Waals surface area contributed by atoms with Gasteiger partial charge in [-0.1, -0.05) is 25.5 Å². The first kappa shape index (κ1) is 12.7. The second-order valence-electron chi connectivity index (χ2n) is 4.31. The third-order valence-corrected chi connectivity index (χ3v) is 3.51. The van der Waals surface area contributed by atoms with Crippen molar-refractivity contribution in [3.05, 3.63) is 11.6 Å². The predicted octanol–water partition coefficient (Wildman–Crippen LogP) is 2.84. The van der Waals surface area contributed by atoms with Gasteiger partial charge in [-0.25, -0.2) is 0 Å². The van der Waals surface area contributed by atoms with Crippen LogP contribution in [0.15, 0.2) is 11.6 Å². The fourth-order valence-corrected chi connectivity index (χ4v) is 2.84. The van der Waals surface area contributed by atoms with E-state index in [0.29, 0.717) is 5.54 Å². The van der Waals surface area contributed by atoms with Gasteiger partial charge < -0.3 is 4.74 Å². The first-order chi connectivity index (χ1) is 7.30. The van der Waals surface area contributed by atoms with Gasteiger partial charge in [-0.05, 0) is 32.7 Å². The van der Waals surface area contributed by atoms with E-state index in [4.69, 9.17) is 4.74 Å². The summed E-state index contributed by atoms with van der Waals surface area (Å²) in [6, 6.07) is 0. The Bertz CT molecular complexity index is 225. The Balaban J connectivity index is 0.000000531. The summed E-state index contributed by atoms with van der Waals surface area (Å²) in [7, 11) is 1.82. The summed E-state index contributed by atoms with van der Waals surface area (Å²) >= 11 is 0. The first-order valence-electron chi connectivity index (χ1n) is 6.19. The van der Waals surface area contributed by atoms with Gasteiger partial charge >= 0.3 is 0 Å². The molecular weight excluding hydrogens is 186 g/mol. The van der Waals surface area contributed by atoms with Crippen LogP contribution in [0.4, 0.5) is 0 Å². The lowest BCUT2D eigenvalue weighted by molar-refractivity contribution is 0.0656.